The fourth-order valence-electron chi connectivity index (χ4n) is 2.99. The molecule has 0 amide bonds. The lowest BCUT2D eigenvalue weighted by molar-refractivity contribution is -0.00885. The van der Waals surface area contributed by atoms with Gasteiger partial charge in [-0.1, -0.05) is 19.4 Å². The summed E-state index contributed by atoms with van der Waals surface area (Å²) in [5, 5.41) is 22.4. The van der Waals surface area contributed by atoms with Gasteiger partial charge in [-0.05, 0) is 43.7 Å². The number of hydrogen-bond acceptors (Lipinski definition) is 3. The highest BCUT2D eigenvalue weighted by Crippen LogP contribution is 2.33. The Hall–Kier alpha value is -1.44. The molecule has 2 rings (SSSR count). The van der Waals surface area contributed by atoms with Crippen LogP contribution in [0.25, 0.3) is 0 Å². The molecule has 21 heavy (non-hydrogen) atoms. The van der Waals surface area contributed by atoms with Crippen LogP contribution in [0.4, 0.5) is 4.39 Å². The van der Waals surface area contributed by atoms with Crippen LogP contribution >= 0.6 is 0 Å². The Bertz CT molecular complexity index is 516. The smallest absolute Gasteiger partial charge is 0.129 e. The van der Waals surface area contributed by atoms with E-state index in [1.807, 2.05) is 6.07 Å². The molecule has 0 radical (unpaired) electrons. The number of nitriles is 1. The van der Waals surface area contributed by atoms with Gasteiger partial charge in [-0.15, -0.1) is 0 Å². The quantitative estimate of drug-likeness (QED) is 0.876. The van der Waals surface area contributed by atoms with Crippen LogP contribution < -0.4 is 5.32 Å². The monoisotopic (exact) mass is 290 g/mol. The van der Waals surface area contributed by atoms with E-state index in [1.54, 1.807) is 12.1 Å². The summed E-state index contributed by atoms with van der Waals surface area (Å²) in [5.41, 5.74) is 0.196. The first-order valence-electron chi connectivity index (χ1n) is 7.68. The van der Waals surface area contributed by atoms with Gasteiger partial charge in [0.05, 0.1) is 17.2 Å². The van der Waals surface area contributed by atoms with Crippen molar-refractivity contribution >= 4 is 0 Å². The summed E-state index contributed by atoms with van der Waals surface area (Å²) in [6, 6.07) is 6.40. The van der Waals surface area contributed by atoms with Crippen LogP contribution in [-0.2, 0) is 6.54 Å². The number of halogens is 1. The standard InChI is InChI=1S/C17H23FN2O/c1-2-13-5-7-17(21,8-6-13)12-20-11-15-4-3-14(10-19)9-16(15)18/h3-4,9,13,20-21H,2,5-8,11-12H2,1H3. The Labute approximate surface area is 125 Å². The van der Waals surface area contributed by atoms with Gasteiger partial charge in [0.15, 0.2) is 0 Å². The first-order valence-corrected chi connectivity index (χ1v) is 7.68. The van der Waals surface area contributed by atoms with Gasteiger partial charge in [-0.2, -0.15) is 5.26 Å². The van der Waals surface area contributed by atoms with Crippen LogP contribution in [-0.4, -0.2) is 17.3 Å². The molecule has 0 atom stereocenters. The van der Waals surface area contributed by atoms with E-state index in [-0.39, 0.29) is 5.82 Å². The average Bonchev–Trinajstić information content (AvgIpc) is 2.49. The van der Waals surface area contributed by atoms with Crippen molar-refractivity contribution in [3.8, 4) is 6.07 Å². The summed E-state index contributed by atoms with van der Waals surface area (Å²) >= 11 is 0. The number of nitrogens with one attached hydrogen (secondary N) is 1. The number of rotatable bonds is 5. The maximum absolute atomic E-state index is 13.7. The zero-order valence-electron chi connectivity index (χ0n) is 12.5. The number of benzene rings is 1. The average molecular weight is 290 g/mol. The molecular weight excluding hydrogens is 267 g/mol. The molecule has 0 heterocycles. The van der Waals surface area contributed by atoms with Crippen molar-refractivity contribution in [3.05, 3.63) is 35.1 Å². The fourth-order valence-corrected chi connectivity index (χ4v) is 2.99. The summed E-state index contributed by atoms with van der Waals surface area (Å²) in [5.74, 6) is 0.365. The summed E-state index contributed by atoms with van der Waals surface area (Å²) in [4.78, 5) is 0. The molecule has 3 nitrogen and oxygen atoms in total. The van der Waals surface area contributed by atoms with E-state index in [4.69, 9.17) is 5.26 Å². The molecule has 114 valence electrons. The minimum Gasteiger partial charge on any atom is -0.389 e. The maximum atomic E-state index is 13.7. The highest BCUT2D eigenvalue weighted by molar-refractivity contribution is 5.32. The third-order valence-corrected chi connectivity index (χ3v) is 4.56. The van der Waals surface area contributed by atoms with Crippen LogP contribution in [0.3, 0.4) is 0 Å². The van der Waals surface area contributed by atoms with Crippen LogP contribution in [0.2, 0.25) is 0 Å². The van der Waals surface area contributed by atoms with E-state index in [0.29, 0.717) is 24.2 Å². The molecule has 1 aliphatic carbocycles. The molecule has 4 heteroatoms. The van der Waals surface area contributed by atoms with E-state index in [9.17, 15) is 9.50 Å². The summed E-state index contributed by atoms with van der Waals surface area (Å²) in [6.45, 7) is 3.06. The van der Waals surface area contributed by atoms with Crippen molar-refractivity contribution in [2.45, 2.75) is 51.2 Å². The Balaban J connectivity index is 1.83. The third kappa shape index (κ3) is 4.26. The largest absolute Gasteiger partial charge is 0.389 e. The number of aliphatic hydroxyl groups is 1. The van der Waals surface area contributed by atoms with Crippen molar-refractivity contribution in [1.29, 1.82) is 5.26 Å². The van der Waals surface area contributed by atoms with Crippen LogP contribution in [0, 0.1) is 23.1 Å². The van der Waals surface area contributed by atoms with Crippen molar-refractivity contribution < 1.29 is 9.50 Å². The highest BCUT2D eigenvalue weighted by Gasteiger charge is 2.32. The second-order valence-corrected chi connectivity index (χ2v) is 6.10. The molecule has 0 bridgehead atoms. The van der Waals surface area contributed by atoms with E-state index < -0.39 is 5.60 Å². The molecule has 1 saturated carbocycles. The van der Waals surface area contributed by atoms with Crippen LogP contribution in [0.1, 0.15) is 50.2 Å². The Morgan fingerprint density at radius 1 is 1.43 bits per heavy atom. The number of hydrogen-bond donors (Lipinski definition) is 2. The molecule has 0 saturated heterocycles. The van der Waals surface area contributed by atoms with Crippen molar-refractivity contribution in [2.24, 2.45) is 5.92 Å². The topological polar surface area (TPSA) is 56.0 Å². The van der Waals surface area contributed by atoms with Gasteiger partial charge in [0.2, 0.25) is 0 Å². The van der Waals surface area contributed by atoms with Gasteiger partial charge < -0.3 is 10.4 Å². The normalized spacial score (nSPS) is 25.5. The van der Waals surface area contributed by atoms with Gasteiger partial charge in [0.25, 0.3) is 0 Å². The number of nitrogens with zero attached hydrogens (tertiary/aromatic N) is 1. The first-order chi connectivity index (χ1) is 10.1. The Kier molecular flexibility index (Phi) is 5.33. The van der Waals surface area contributed by atoms with Crippen LogP contribution in [0.15, 0.2) is 18.2 Å². The van der Waals surface area contributed by atoms with Crippen molar-refractivity contribution in [1.82, 2.24) is 5.32 Å². The lowest BCUT2D eigenvalue weighted by Gasteiger charge is -2.36. The molecule has 1 aromatic carbocycles. The Morgan fingerprint density at radius 2 is 2.14 bits per heavy atom. The SMILES string of the molecule is CCC1CCC(O)(CNCc2ccc(C#N)cc2F)CC1. The first kappa shape index (κ1) is 15.9. The summed E-state index contributed by atoms with van der Waals surface area (Å²) in [6.07, 6.45) is 4.95. The molecule has 0 spiro atoms. The van der Waals surface area contributed by atoms with Gasteiger partial charge in [0, 0.05) is 18.7 Å². The predicted molar refractivity (Wildman–Crippen MR) is 80.0 cm³/mol. The minimum atomic E-state index is -0.658. The maximum Gasteiger partial charge on any atom is 0.129 e. The van der Waals surface area contributed by atoms with Gasteiger partial charge in [0.1, 0.15) is 5.82 Å². The van der Waals surface area contributed by atoms with Crippen LogP contribution in [0.5, 0.6) is 0 Å². The molecule has 0 aliphatic heterocycles. The second-order valence-electron chi connectivity index (χ2n) is 6.10. The highest BCUT2D eigenvalue weighted by atomic mass is 19.1. The molecular formula is C17H23FN2O. The van der Waals surface area contributed by atoms with Gasteiger partial charge in [-0.3, -0.25) is 0 Å². The zero-order valence-corrected chi connectivity index (χ0v) is 12.5. The van der Waals surface area contributed by atoms with Gasteiger partial charge in [-0.25, -0.2) is 4.39 Å². The molecule has 0 aromatic heterocycles. The predicted octanol–water partition coefficient (Wildman–Crippen LogP) is 3.12. The lowest BCUT2D eigenvalue weighted by atomic mass is 9.78. The third-order valence-electron chi connectivity index (χ3n) is 4.56. The summed E-state index contributed by atoms with van der Waals surface area (Å²) < 4.78 is 13.7. The Morgan fingerprint density at radius 3 is 2.71 bits per heavy atom. The van der Waals surface area contributed by atoms with Crippen molar-refractivity contribution in [3.63, 3.8) is 0 Å². The van der Waals surface area contributed by atoms with Gasteiger partial charge >= 0.3 is 0 Å². The lowest BCUT2D eigenvalue weighted by Crippen LogP contribution is -2.43. The zero-order chi connectivity index (χ0) is 15.3. The molecule has 2 N–H and O–H groups in total. The fraction of sp³-hybridized carbons (Fsp3) is 0.588. The molecule has 1 aromatic rings. The van der Waals surface area contributed by atoms with E-state index in [0.717, 1.165) is 31.6 Å². The second kappa shape index (κ2) is 7.02. The van der Waals surface area contributed by atoms with E-state index >= 15 is 0 Å². The molecule has 0 unspecified atom stereocenters. The summed E-state index contributed by atoms with van der Waals surface area (Å²) in [7, 11) is 0. The van der Waals surface area contributed by atoms with Crippen molar-refractivity contribution in [2.75, 3.05) is 6.54 Å². The molecule has 1 aliphatic rings. The molecule has 1 fully saturated rings. The minimum absolute atomic E-state index is 0.327. The van der Waals surface area contributed by atoms with E-state index in [1.165, 1.54) is 12.5 Å². The van der Waals surface area contributed by atoms with E-state index in [2.05, 4.69) is 12.2 Å².